The highest BCUT2D eigenvalue weighted by molar-refractivity contribution is 7.86. The summed E-state index contributed by atoms with van der Waals surface area (Å²) in [7, 11) is 3.02. The summed E-state index contributed by atoms with van der Waals surface area (Å²) in [5.41, 5.74) is 1.04. The van der Waals surface area contributed by atoms with Gasteiger partial charge in [-0.15, -0.1) is 0 Å². The van der Waals surface area contributed by atoms with Crippen molar-refractivity contribution in [3.05, 3.63) is 29.8 Å². The Labute approximate surface area is 266 Å². The molecule has 0 spiro atoms. The molecule has 6 aliphatic heterocycles. The van der Waals surface area contributed by atoms with E-state index in [-0.39, 0.29) is 4.90 Å². The second-order valence-corrected chi connectivity index (χ2v) is 16.3. The fourth-order valence-corrected chi connectivity index (χ4v) is 9.91. The summed E-state index contributed by atoms with van der Waals surface area (Å²) in [6, 6.07) is 11.0. The molecule has 0 amide bonds. The fraction of sp³-hybridized carbons (Fsp3) is 0.800. The van der Waals surface area contributed by atoms with Crippen molar-refractivity contribution in [1.29, 1.82) is 0 Å². The second kappa shape index (κ2) is 15.0. The lowest BCUT2D eigenvalue weighted by atomic mass is 9.89. The lowest BCUT2D eigenvalue weighted by molar-refractivity contribution is -0.123. The van der Waals surface area contributed by atoms with Crippen molar-refractivity contribution >= 4 is 15.9 Å². The Morgan fingerprint density at radius 3 is 1.57 bits per heavy atom. The van der Waals surface area contributed by atoms with Gasteiger partial charge in [-0.25, -0.2) is 0 Å². The lowest BCUT2D eigenvalue weighted by Crippen LogP contribution is -2.40. The van der Waals surface area contributed by atoms with Crippen LogP contribution in [0.3, 0.4) is 0 Å². The number of carbonyl (C=O) groups is 1. The molecular formula is C35H57N3O5S. The summed E-state index contributed by atoms with van der Waals surface area (Å²) in [6.45, 7) is 2.61. The van der Waals surface area contributed by atoms with E-state index in [1.807, 2.05) is 6.92 Å². The van der Waals surface area contributed by atoms with Crippen LogP contribution in [0.15, 0.2) is 29.2 Å². The largest absolute Gasteiger partial charge is 0.396 e. The van der Waals surface area contributed by atoms with Gasteiger partial charge in [0.15, 0.2) is 0 Å². The number of carbonyl (C=O) groups excluding carboxylic acids is 1. The number of aryl methyl sites for hydroxylation is 1. The van der Waals surface area contributed by atoms with Crippen molar-refractivity contribution < 1.29 is 22.5 Å². The standard InChI is InChI=1S/C17H25NO3S.C10H19NO.C8H13NO/c1-13-3-7-17(8-4-13)22(19,20)21-10-9-14-11-15-5-6-16(12-14)18(15)2;1-11-9-2-3-10(11)7-8(6-9)4-5-12;1-9-6-2-3-7(9)5-8(10)4-6/h3-4,7-8,14-16H,5-6,9-12H2,1-2H3;8-10,12H,2-7H2,1H3;6-7H,2-5H2,1H3. The minimum Gasteiger partial charge on any atom is -0.396 e. The number of Topliss-reactive ketones (excluding diaryl/α,β-unsaturated/α-hetero) is 1. The van der Waals surface area contributed by atoms with Gasteiger partial charge >= 0.3 is 0 Å². The number of aliphatic hydroxyl groups is 1. The van der Waals surface area contributed by atoms with E-state index < -0.39 is 10.1 Å². The van der Waals surface area contributed by atoms with Crippen molar-refractivity contribution in [2.24, 2.45) is 11.8 Å². The lowest BCUT2D eigenvalue weighted by Gasteiger charge is -2.36. The van der Waals surface area contributed by atoms with E-state index in [4.69, 9.17) is 9.29 Å². The first-order valence-electron chi connectivity index (χ1n) is 17.3. The molecule has 7 rings (SSSR count). The van der Waals surface area contributed by atoms with E-state index in [1.165, 1.54) is 64.2 Å². The Morgan fingerprint density at radius 2 is 1.11 bits per heavy atom. The molecule has 1 aromatic rings. The van der Waals surface area contributed by atoms with Crippen molar-refractivity contribution in [3.8, 4) is 0 Å². The highest BCUT2D eigenvalue weighted by atomic mass is 32.2. The third-order valence-electron chi connectivity index (χ3n) is 11.9. The molecule has 8 nitrogen and oxygen atoms in total. The van der Waals surface area contributed by atoms with Crippen LogP contribution < -0.4 is 0 Å². The number of nitrogens with zero attached hydrogens (tertiary/aromatic N) is 3. The normalized spacial score (nSPS) is 35.2. The number of benzene rings is 1. The van der Waals surface area contributed by atoms with Gasteiger partial charge in [0.25, 0.3) is 10.1 Å². The Balaban J connectivity index is 0.000000146. The molecule has 0 aliphatic carbocycles. The van der Waals surface area contributed by atoms with Crippen molar-refractivity contribution in [2.75, 3.05) is 34.4 Å². The van der Waals surface area contributed by atoms with E-state index in [0.717, 1.165) is 49.2 Å². The van der Waals surface area contributed by atoms with E-state index in [2.05, 4.69) is 35.8 Å². The predicted molar refractivity (Wildman–Crippen MR) is 174 cm³/mol. The maximum absolute atomic E-state index is 12.1. The van der Waals surface area contributed by atoms with Gasteiger partial charge in [-0.1, -0.05) is 17.7 Å². The van der Waals surface area contributed by atoms with Crippen LogP contribution in [-0.2, 0) is 19.1 Å². The highest BCUT2D eigenvalue weighted by Crippen LogP contribution is 2.39. The molecule has 6 atom stereocenters. The van der Waals surface area contributed by atoms with E-state index in [0.29, 0.717) is 49.1 Å². The van der Waals surface area contributed by atoms with Crippen LogP contribution >= 0.6 is 0 Å². The smallest absolute Gasteiger partial charge is 0.296 e. The molecule has 9 heteroatoms. The molecule has 6 heterocycles. The third-order valence-corrected chi connectivity index (χ3v) is 13.2. The molecule has 6 saturated heterocycles. The monoisotopic (exact) mass is 631 g/mol. The topological polar surface area (TPSA) is 90.4 Å². The number of hydrogen-bond acceptors (Lipinski definition) is 8. The van der Waals surface area contributed by atoms with Gasteiger partial charge in [-0.2, -0.15) is 8.42 Å². The van der Waals surface area contributed by atoms with Crippen LogP contribution in [0.5, 0.6) is 0 Å². The zero-order valence-corrected chi connectivity index (χ0v) is 28.4. The number of hydrogen-bond donors (Lipinski definition) is 1. The summed E-state index contributed by atoms with van der Waals surface area (Å²) in [5, 5.41) is 8.86. The Kier molecular flexibility index (Phi) is 11.6. The minimum absolute atomic E-state index is 0.251. The van der Waals surface area contributed by atoms with E-state index in [1.54, 1.807) is 24.3 Å². The number of fused-ring (bicyclic) bond motifs is 6. The average molecular weight is 632 g/mol. The van der Waals surface area contributed by atoms with Gasteiger partial charge in [-0.3, -0.25) is 13.9 Å². The number of aliphatic hydroxyl groups excluding tert-OH is 1. The predicted octanol–water partition coefficient (Wildman–Crippen LogP) is 5.02. The molecule has 6 fully saturated rings. The summed E-state index contributed by atoms with van der Waals surface area (Å²) in [6.07, 6.45) is 16.4. The van der Waals surface area contributed by atoms with Crippen LogP contribution in [-0.4, -0.2) is 105 Å². The summed E-state index contributed by atoms with van der Waals surface area (Å²) < 4.78 is 29.5. The van der Waals surface area contributed by atoms with Gasteiger partial charge in [0, 0.05) is 55.7 Å². The van der Waals surface area contributed by atoms with Crippen LogP contribution in [0.25, 0.3) is 0 Å². The number of piperidine rings is 3. The molecule has 0 saturated carbocycles. The molecule has 0 aromatic heterocycles. The zero-order chi connectivity index (χ0) is 31.4. The van der Waals surface area contributed by atoms with Crippen LogP contribution in [0.2, 0.25) is 0 Å². The fourth-order valence-electron chi connectivity index (χ4n) is 8.99. The highest BCUT2D eigenvalue weighted by Gasteiger charge is 2.39. The van der Waals surface area contributed by atoms with E-state index >= 15 is 0 Å². The SMILES string of the molecule is CN1C2CCC1CC(=O)C2.CN1C2CCC1CC(CCO)C2.Cc1ccc(S(=O)(=O)OCCC2CC3CCC(C2)N3C)cc1. The van der Waals surface area contributed by atoms with Crippen molar-refractivity contribution in [1.82, 2.24) is 14.7 Å². The minimum atomic E-state index is -3.61. The molecule has 248 valence electrons. The second-order valence-electron chi connectivity index (χ2n) is 14.7. The summed E-state index contributed by atoms with van der Waals surface area (Å²) >= 11 is 0. The van der Waals surface area contributed by atoms with E-state index in [9.17, 15) is 13.2 Å². The zero-order valence-electron chi connectivity index (χ0n) is 27.6. The molecule has 6 bridgehead atoms. The molecule has 0 radical (unpaired) electrons. The maximum Gasteiger partial charge on any atom is 0.296 e. The maximum atomic E-state index is 12.1. The molecular weight excluding hydrogens is 574 g/mol. The summed E-state index contributed by atoms with van der Waals surface area (Å²) in [4.78, 5) is 18.7. The summed E-state index contributed by atoms with van der Waals surface area (Å²) in [5.74, 6) is 1.89. The Bertz CT molecular complexity index is 1150. The first-order valence-corrected chi connectivity index (χ1v) is 18.7. The molecule has 6 unspecified atom stereocenters. The van der Waals surface area contributed by atoms with Crippen molar-refractivity contribution in [3.63, 3.8) is 0 Å². The first-order chi connectivity index (χ1) is 21.0. The van der Waals surface area contributed by atoms with Gasteiger partial charge in [0.05, 0.1) is 11.5 Å². The molecule has 1 aromatic carbocycles. The number of rotatable bonds is 7. The Hall–Kier alpha value is -1.36. The van der Waals surface area contributed by atoms with Gasteiger partial charge in [0.2, 0.25) is 0 Å². The average Bonchev–Trinajstić information content (AvgIpc) is 3.40. The van der Waals surface area contributed by atoms with Crippen molar-refractivity contribution in [2.45, 2.75) is 138 Å². The van der Waals surface area contributed by atoms with Gasteiger partial charge in [0.1, 0.15) is 5.78 Å². The number of ketones is 1. The molecule has 1 N–H and O–H groups in total. The molecule has 44 heavy (non-hydrogen) atoms. The van der Waals surface area contributed by atoms with Crippen LogP contribution in [0.4, 0.5) is 0 Å². The van der Waals surface area contributed by atoms with Gasteiger partial charge < -0.3 is 14.9 Å². The third kappa shape index (κ3) is 8.31. The van der Waals surface area contributed by atoms with Crippen LogP contribution in [0.1, 0.15) is 95.5 Å². The van der Waals surface area contributed by atoms with Crippen LogP contribution in [0, 0.1) is 18.8 Å². The Morgan fingerprint density at radius 1 is 0.705 bits per heavy atom. The molecule has 6 aliphatic rings. The first kappa shape index (κ1) is 34.0. The quantitative estimate of drug-likeness (QED) is 0.420. The van der Waals surface area contributed by atoms with Gasteiger partial charge in [-0.05, 0) is 129 Å².